The van der Waals surface area contributed by atoms with Gasteiger partial charge in [0.25, 0.3) is 0 Å². The van der Waals surface area contributed by atoms with E-state index in [9.17, 15) is 0 Å². The number of anilines is 3. The van der Waals surface area contributed by atoms with Crippen LogP contribution < -0.4 is 25.6 Å². The van der Waals surface area contributed by atoms with Crippen LogP contribution in [0.4, 0.5) is 17.1 Å². The molecule has 1 nitrogen and oxygen atoms in total. The van der Waals surface area contributed by atoms with Gasteiger partial charge in [0.2, 0.25) is 0 Å². The van der Waals surface area contributed by atoms with Gasteiger partial charge in [-0.3, -0.25) is 0 Å². The first-order valence-corrected chi connectivity index (χ1v) is 19.9. The second-order valence-electron chi connectivity index (χ2n) is 13.3. The Hall–Kier alpha value is -6.48. The largest absolute Gasteiger partial charge is 0.310 e. The van der Waals surface area contributed by atoms with Crippen molar-refractivity contribution in [3.8, 4) is 11.1 Å². The number of rotatable bonds is 8. The lowest BCUT2D eigenvalue weighted by Crippen LogP contribution is -2.74. The molecule has 0 atom stereocenters. The molecule has 2 heteroatoms. The average Bonchev–Trinajstić information content (AvgIpc) is 3.23. The molecule has 0 fully saturated rings. The minimum absolute atomic E-state index is 1.12. The van der Waals surface area contributed by atoms with Crippen LogP contribution in [0.25, 0.3) is 32.7 Å². The molecule has 9 aromatic rings. The molecular formula is C50H37NSi. The highest BCUT2D eigenvalue weighted by atomic mass is 28.3. The molecule has 0 unspecified atom stereocenters. The summed E-state index contributed by atoms with van der Waals surface area (Å²) in [6.45, 7) is 0. The van der Waals surface area contributed by atoms with Crippen LogP contribution >= 0.6 is 0 Å². The lowest BCUT2D eigenvalue weighted by molar-refractivity contribution is 1.30. The van der Waals surface area contributed by atoms with E-state index < -0.39 is 8.07 Å². The van der Waals surface area contributed by atoms with E-state index in [0.29, 0.717) is 0 Å². The van der Waals surface area contributed by atoms with Gasteiger partial charge in [-0.1, -0.05) is 194 Å². The minimum atomic E-state index is -2.57. The van der Waals surface area contributed by atoms with Gasteiger partial charge in [-0.05, 0) is 78.4 Å². The molecule has 246 valence electrons. The Morgan fingerprint density at radius 2 is 0.731 bits per heavy atom. The number of fused-ring (bicyclic) bond motifs is 2. The van der Waals surface area contributed by atoms with Gasteiger partial charge in [0.15, 0.2) is 8.07 Å². The molecule has 0 radical (unpaired) electrons. The number of hydrogen-bond acceptors (Lipinski definition) is 1. The number of benzene rings is 9. The Balaban J connectivity index is 1.14. The van der Waals surface area contributed by atoms with E-state index in [4.69, 9.17) is 0 Å². The van der Waals surface area contributed by atoms with Crippen LogP contribution in [0, 0.1) is 0 Å². The van der Waals surface area contributed by atoms with E-state index >= 15 is 0 Å². The normalized spacial score (nSPS) is 11.5. The highest BCUT2D eigenvalue weighted by molar-refractivity contribution is 7.19. The fourth-order valence-electron chi connectivity index (χ4n) is 7.93. The summed E-state index contributed by atoms with van der Waals surface area (Å²) < 4.78 is 0. The van der Waals surface area contributed by atoms with Crippen molar-refractivity contribution in [2.45, 2.75) is 0 Å². The fourth-order valence-corrected chi connectivity index (χ4v) is 12.7. The lowest BCUT2D eigenvalue weighted by Gasteiger charge is -2.34. The molecule has 0 amide bonds. The summed E-state index contributed by atoms with van der Waals surface area (Å²) in [6.07, 6.45) is 0. The maximum Gasteiger partial charge on any atom is 0.179 e. The van der Waals surface area contributed by atoms with Crippen LogP contribution in [-0.2, 0) is 0 Å². The predicted molar refractivity (Wildman–Crippen MR) is 225 cm³/mol. The fraction of sp³-hybridized carbons (Fsp3) is 0. The molecule has 52 heavy (non-hydrogen) atoms. The molecule has 9 aromatic carbocycles. The van der Waals surface area contributed by atoms with Crippen molar-refractivity contribution in [1.29, 1.82) is 0 Å². The van der Waals surface area contributed by atoms with Crippen LogP contribution in [0.15, 0.2) is 224 Å². The third kappa shape index (κ3) is 5.60. The van der Waals surface area contributed by atoms with E-state index in [-0.39, 0.29) is 0 Å². The first-order chi connectivity index (χ1) is 25.8. The van der Waals surface area contributed by atoms with Gasteiger partial charge < -0.3 is 4.90 Å². The third-order valence-electron chi connectivity index (χ3n) is 10.4. The Morgan fingerprint density at radius 1 is 0.288 bits per heavy atom. The molecule has 0 heterocycles. The Kier molecular flexibility index (Phi) is 8.28. The summed E-state index contributed by atoms with van der Waals surface area (Å²) in [7, 11) is -2.57. The molecule has 9 rings (SSSR count). The van der Waals surface area contributed by atoms with E-state index in [2.05, 4.69) is 229 Å². The Labute approximate surface area is 306 Å². The Bertz CT molecular complexity index is 2500. The molecule has 0 spiro atoms. The molecule has 0 aliphatic rings. The maximum atomic E-state index is 2.39. The molecule has 0 bridgehead atoms. The molecule has 0 saturated heterocycles. The lowest BCUT2D eigenvalue weighted by atomic mass is 10.0. The van der Waals surface area contributed by atoms with Gasteiger partial charge in [-0.2, -0.15) is 0 Å². The van der Waals surface area contributed by atoms with Crippen LogP contribution in [0.2, 0.25) is 0 Å². The highest BCUT2D eigenvalue weighted by Gasteiger charge is 2.41. The van der Waals surface area contributed by atoms with Crippen molar-refractivity contribution in [3.05, 3.63) is 224 Å². The van der Waals surface area contributed by atoms with Gasteiger partial charge in [0.05, 0.1) is 5.69 Å². The molecule has 0 aliphatic heterocycles. The number of hydrogen-bond donors (Lipinski definition) is 0. The van der Waals surface area contributed by atoms with Crippen molar-refractivity contribution >= 4 is 67.4 Å². The van der Waals surface area contributed by atoms with Crippen LogP contribution in [0.1, 0.15) is 0 Å². The summed E-state index contributed by atoms with van der Waals surface area (Å²) in [4.78, 5) is 2.39. The van der Waals surface area contributed by atoms with Gasteiger partial charge in [0.1, 0.15) is 0 Å². The SMILES string of the molecule is c1ccc([Si](c2ccccc2)(c2ccccc2)c2ccc(-c3ccc(N(c4ccc5ccccc5c4)c4cccc5ccccc45)cc3)cc2)cc1. The highest BCUT2D eigenvalue weighted by Crippen LogP contribution is 2.40. The van der Waals surface area contributed by atoms with Crippen molar-refractivity contribution < 1.29 is 0 Å². The molecule has 0 N–H and O–H groups in total. The van der Waals surface area contributed by atoms with Gasteiger partial charge in [-0.25, -0.2) is 0 Å². The van der Waals surface area contributed by atoms with Crippen molar-refractivity contribution in [2.24, 2.45) is 0 Å². The maximum absolute atomic E-state index is 2.57. The topological polar surface area (TPSA) is 3.24 Å². The number of nitrogens with zero attached hydrogens (tertiary/aromatic N) is 1. The zero-order valence-electron chi connectivity index (χ0n) is 28.8. The van der Waals surface area contributed by atoms with Crippen molar-refractivity contribution in [3.63, 3.8) is 0 Å². The molecule has 0 aromatic heterocycles. The zero-order valence-corrected chi connectivity index (χ0v) is 29.8. The van der Waals surface area contributed by atoms with Crippen LogP contribution in [0.3, 0.4) is 0 Å². The summed E-state index contributed by atoms with van der Waals surface area (Å²) in [6, 6.07) is 82.3. The second-order valence-corrected chi connectivity index (χ2v) is 17.1. The molecule has 0 aliphatic carbocycles. The minimum Gasteiger partial charge on any atom is -0.310 e. The first-order valence-electron chi connectivity index (χ1n) is 17.9. The van der Waals surface area contributed by atoms with Crippen LogP contribution in [0.5, 0.6) is 0 Å². The molecular weight excluding hydrogens is 643 g/mol. The first kappa shape index (κ1) is 31.5. The van der Waals surface area contributed by atoms with Gasteiger partial charge in [0, 0.05) is 16.8 Å². The molecule has 0 saturated carbocycles. The van der Waals surface area contributed by atoms with E-state index in [1.807, 2.05) is 0 Å². The third-order valence-corrected chi connectivity index (χ3v) is 15.2. The average molecular weight is 680 g/mol. The standard InChI is InChI=1S/C50H37NSi/c1-4-19-45(20-5-1)52(46-21-6-2-7-22-46,47-23-8-3-9-24-47)48-35-30-40(31-36-48)39-27-32-43(33-28-39)51(44-34-29-38-15-10-11-17-42(38)37-44)50-26-14-18-41-16-12-13-25-49(41)50/h1-37H. The van der Waals surface area contributed by atoms with Gasteiger partial charge >= 0.3 is 0 Å². The monoisotopic (exact) mass is 679 g/mol. The van der Waals surface area contributed by atoms with E-state index in [0.717, 1.165) is 17.1 Å². The summed E-state index contributed by atoms with van der Waals surface area (Å²) >= 11 is 0. The van der Waals surface area contributed by atoms with Crippen molar-refractivity contribution in [1.82, 2.24) is 0 Å². The summed E-state index contributed by atoms with van der Waals surface area (Å²) in [5.41, 5.74) is 5.81. The van der Waals surface area contributed by atoms with Crippen LogP contribution in [-0.4, -0.2) is 8.07 Å². The summed E-state index contributed by atoms with van der Waals surface area (Å²) in [5, 5.41) is 10.4. The second kappa shape index (κ2) is 13.7. The Morgan fingerprint density at radius 3 is 1.33 bits per heavy atom. The zero-order chi connectivity index (χ0) is 34.7. The van der Waals surface area contributed by atoms with E-state index in [1.165, 1.54) is 53.4 Å². The van der Waals surface area contributed by atoms with Crippen molar-refractivity contribution in [2.75, 3.05) is 4.90 Å². The van der Waals surface area contributed by atoms with E-state index in [1.54, 1.807) is 0 Å². The van der Waals surface area contributed by atoms with Gasteiger partial charge in [-0.15, -0.1) is 0 Å². The smallest absolute Gasteiger partial charge is 0.179 e. The quantitative estimate of drug-likeness (QED) is 0.114. The predicted octanol–water partition coefficient (Wildman–Crippen LogP) is 10.5. The summed E-state index contributed by atoms with van der Waals surface area (Å²) in [5.74, 6) is 0.